The van der Waals surface area contributed by atoms with Gasteiger partial charge in [0.1, 0.15) is 17.5 Å². The number of nitrogens with one attached hydrogen (secondary N) is 3. The summed E-state index contributed by atoms with van der Waals surface area (Å²) in [5.74, 6) is -0.434. The van der Waals surface area contributed by atoms with Gasteiger partial charge in [-0.15, -0.1) is 0 Å². The van der Waals surface area contributed by atoms with Crippen molar-refractivity contribution >= 4 is 34.7 Å². The molecule has 3 N–H and O–H groups in total. The predicted molar refractivity (Wildman–Crippen MR) is 183 cm³/mol. The van der Waals surface area contributed by atoms with E-state index in [2.05, 4.69) is 26.1 Å². The van der Waals surface area contributed by atoms with Gasteiger partial charge in [-0.1, -0.05) is 25.1 Å². The molecule has 2 bridgehead atoms. The summed E-state index contributed by atoms with van der Waals surface area (Å²) >= 11 is 0. The number of amides is 4. The maximum absolute atomic E-state index is 14.1. The van der Waals surface area contributed by atoms with Gasteiger partial charge in [0.25, 0.3) is 17.5 Å². The number of methoxy groups -OCH3 is 2. The van der Waals surface area contributed by atoms with Gasteiger partial charge < -0.3 is 39.6 Å². The van der Waals surface area contributed by atoms with Crippen LogP contribution in [0.3, 0.4) is 0 Å². The summed E-state index contributed by atoms with van der Waals surface area (Å²) in [4.78, 5) is 60.2. The van der Waals surface area contributed by atoms with Crippen molar-refractivity contribution < 1.29 is 37.9 Å². The van der Waals surface area contributed by atoms with Crippen molar-refractivity contribution in [1.82, 2.24) is 31.0 Å². The second-order valence-electron chi connectivity index (χ2n) is 12.4. The number of nitrogens with zero attached hydrogens (tertiary/aromatic N) is 3. The van der Waals surface area contributed by atoms with Gasteiger partial charge in [-0.05, 0) is 69.0 Å². The van der Waals surface area contributed by atoms with E-state index >= 15 is 0 Å². The third-order valence-corrected chi connectivity index (χ3v) is 8.40. The Labute approximate surface area is 289 Å². The van der Waals surface area contributed by atoms with Crippen LogP contribution in [-0.2, 0) is 16.1 Å². The lowest BCUT2D eigenvalue weighted by Gasteiger charge is -2.26. The van der Waals surface area contributed by atoms with Crippen molar-refractivity contribution in [3.63, 3.8) is 0 Å². The second-order valence-corrected chi connectivity index (χ2v) is 12.4. The monoisotopic (exact) mass is 686 g/mol. The number of aryl methyl sites for hydroxylation is 2. The molecule has 0 fully saturated rings. The average molecular weight is 687 g/mol. The molecule has 264 valence electrons. The SMILES string of the molecule is COc1ccc2cc1Oc1cccc(OC)c1CNC(=O)[C@@H](C(C)C)NC(=O)CN(C(=O)c1cc(C)nc3onc(C)c13)CCCCNC2=O. The van der Waals surface area contributed by atoms with Crippen LogP contribution in [0.5, 0.6) is 23.0 Å². The molecule has 1 aliphatic rings. The van der Waals surface area contributed by atoms with Gasteiger partial charge in [0, 0.05) is 24.3 Å². The van der Waals surface area contributed by atoms with E-state index in [0.29, 0.717) is 75.8 Å². The Morgan fingerprint density at radius 3 is 2.50 bits per heavy atom. The number of hydrogen-bond donors (Lipinski definition) is 3. The first-order chi connectivity index (χ1) is 24.0. The van der Waals surface area contributed by atoms with Crippen LogP contribution in [0.4, 0.5) is 0 Å². The molecule has 2 aromatic carbocycles. The normalized spacial score (nSPS) is 16.5. The topological polar surface area (TPSA) is 174 Å². The molecular formula is C36H42N6O8. The van der Waals surface area contributed by atoms with Crippen LogP contribution in [0.2, 0.25) is 0 Å². The largest absolute Gasteiger partial charge is 0.496 e. The summed E-state index contributed by atoms with van der Waals surface area (Å²) in [6.45, 7) is 7.30. The average Bonchev–Trinajstić information content (AvgIpc) is 3.47. The number of pyridine rings is 1. The molecule has 1 atom stereocenters. The molecule has 0 saturated heterocycles. The maximum atomic E-state index is 14.1. The van der Waals surface area contributed by atoms with Gasteiger partial charge in [0.05, 0.1) is 49.5 Å². The van der Waals surface area contributed by atoms with Crippen molar-refractivity contribution in [2.24, 2.45) is 5.92 Å². The summed E-state index contributed by atoms with van der Waals surface area (Å²) in [6, 6.07) is 10.8. The van der Waals surface area contributed by atoms with Crippen LogP contribution in [0, 0.1) is 19.8 Å². The van der Waals surface area contributed by atoms with Gasteiger partial charge in [0.2, 0.25) is 11.8 Å². The molecule has 1 aliphatic heterocycles. The Balaban J connectivity index is 1.48. The first-order valence-electron chi connectivity index (χ1n) is 16.4. The van der Waals surface area contributed by atoms with E-state index in [1.807, 2.05) is 13.8 Å². The van der Waals surface area contributed by atoms with Crippen LogP contribution >= 0.6 is 0 Å². The summed E-state index contributed by atoms with van der Waals surface area (Å²) < 4.78 is 22.7. The highest BCUT2D eigenvalue weighted by molar-refractivity contribution is 6.07. The summed E-state index contributed by atoms with van der Waals surface area (Å²) in [5, 5.41) is 13.1. The van der Waals surface area contributed by atoms with Crippen LogP contribution in [0.1, 0.15) is 64.4 Å². The van der Waals surface area contributed by atoms with Gasteiger partial charge in [-0.2, -0.15) is 0 Å². The molecule has 2 aromatic heterocycles. The quantitative estimate of drug-likeness (QED) is 0.284. The third kappa shape index (κ3) is 7.96. The molecule has 0 radical (unpaired) electrons. The Hall–Kier alpha value is -5.66. The van der Waals surface area contributed by atoms with Crippen molar-refractivity contribution in [3.8, 4) is 23.0 Å². The first kappa shape index (κ1) is 35.6. The molecule has 3 heterocycles. The maximum Gasteiger partial charge on any atom is 0.258 e. The first-order valence-corrected chi connectivity index (χ1v) is 16.4. The number of carbonyl (C=O) groups is 4. The lowest BCUT2D eigenvalue weighted by molar-refractivity contribution is -0.130. The lowest BCUT2D eigenvalue weighted by Crippen LogP contribution is -2.52. The van der Waals surface area contributed by atoms with Gasteiger partial charge >= 0.3 is 0 Å². The van der Waals surface area contributed by atoms with Crippen molar-refractivity contribution in [2.45, 2.75) is 53.1 Å². The Kier molecular flexibility index (Phi) is 11.2. The number of benzene rings is 2. The fourth-order valence-electron chi connectivity index (χ4n) is 5.78. The minimum absolute atomic E-state index is 0.000146. The second kappa shape index (κ2) is 15.7. The van der Waals surface area contributed by atoms with E-state index < -0.39 is 23.8 Å². The summed E-state index contributed by atoms with van der Waals surface area (Å²) in [7, 11) is 3.01. The zero-order valence-corrected chi connectivity index (χ0v) is 29.0. The Morgan fingerprint density at radius 2 is 1.76 bits per heavy atom. The summed E-state index contributed by atoms with van der Waals surface area (Å²) in [6.07, 6.45) is 0.983. The number of hydrogen-bond acceptors (Lipinski definition) is 10. The van der Waals surface area contributed by atoms with Crippen LogP contribution in [-0.4, -0.2) is 78.6 Å². The van der Waals surface area contributed by atoms with Gasteiger partial charge in [0.15, 0.2) is 11.5 Å². The Bertz CT molecular complexity index is 1900. The van der Waals surface area contributed by atoms with Crippen LogP contribution in [0.15, 0.2) is 47.0 Å². The molecule has 5 rings (SSSR count). The zero-order chi connectivity index (χ0) is 35.9. The minimum atomic E-state index is -0.911. The fraction of sp³-hybridized carbons (Fsp3) is 0.389. The predicted octanol–water partition coefficient (Wildman–Crippen LogP) is 4.07. The van der Waals surface area contributed by atoms with Crippen molar-refractivity contribution in [3.05, 3.63) is 70.5 Å². The highest BCUT2D eigenvalue weighted by atomic mass is 16.5. The van der Waals surface area contributed by atoms with Gasteiger partial charge in [-0.3, -0.25) is 19.2 Å². The fourth-order valence-corrected chi connectivity index (χ4v) is 5.78. The van der Waals surface area contributed by atoms with E-state index in [9.17, 15) is 19.2 Å². The number of fused-ring (bicyclic) bond motifs is 4. The number of carbonyl (C=O) groups excluding carboxylic acids is 4. The van der Waals surface area contributed by atoms with E-state index in [0.717, 1.165) is 0 Å². The Morgan fingerprint density at radius 1 is 0.980 bits per heavy atom. The van der Waals surface area contributed by atoms with Crippen molar-refractivity contribution in [1.29, 1.82) is 0 Å². The molecule has 0 unspecified atom stereocenters. The highest BCUT2D eigenvalue weighted by Gasteiger charge is 2.29. The lowest BCUT2D eigenvalue weighted by atomic mass is 10.0. The van der Waals surface area contributed by atoms with Crippen molar-refractivity contribution in [2.75, 3.05) is 33.9 Å². The van der Waals surface area contributed by atoms with Crippen LogP contribution in [0.25, 0.3) is 11.1 Å². The number of aromatic nitrogens is 2. The molecule has 0 spiro atoms. The smallest absolute Gasteiger partial charge is 0.258 e. The van der Waals surface area contributed by atoms with E-state index in [1.54, 1.807) is 56.3 Å². The molecule has 4 aromatic rings. The zero-order valence-electron chi connectivity index (χ0n) is 29.0. The minimum Gasteiger partial charge on any atom is -0.496 e. The molecule has 0 aliphatic carbocycles. The van der Waals surface area contributed by atoms with E-state index in [4.69, 9.17) is 18.7 Å². The van der Waals surface area contributed by atoms with E-state index in [1.165, 1.54) is 19.1 Å². The highest BCUT2D eigenvalue weighted by Crippen LogP contribution is 2.37. The standard InChI is InChI=1S/C36H42N6O8/c1-20(2)32-34(45)38-18-25-26(47-5)10-9-11-27(25)49-29-17-23(12-13-28(29)48-6)33(44)37-14-7-8-15-42(19-30(43)40-32)36(46)24-16-21(3)39-35-31(24)22(4)41-50-35/h9-13,16-17,20,32H,7-8,14-15,18-19H2,1-6H3,(H,37,44)(H,38,45)(H,40,43)/t32-/m1/s1. The van der Waals surface area contributed by atoms with Gasteiger partial charge in [-0.25, -0.2) is 4.98 Å². The molecular weight excluding hydrogens is 644 g/mol. The molecule has 4 amide bonds. The molecule has 0 saturated carbocycles. The van der Waals surface area contributed by atoms with E-state index in [-0.39, 0.29) is 37.2 Å². The van der Waals surface area contributed by atoms with Crippen LogP contribution < -0.4 is 30.2 Å². The number of ether oxygens (including phenoxy) is 3. The number of rotatable bonds is 4. The summed E-state index contributed by atoms with van der Waals surface area (Å²) in [5.41, 5.74) is 2.47. The molecule has 14 heteroatoms. The third-order valence-electron chi connectivity index (χ3n) is 8.40. The molecule has 14 nitrogen and oxygen atoms in total. The molecule has 50 heavy (non-hydrogen) atoms.